The first kappa shape index (κ1) is 28.9. The molecule has 38 heavy (non-hydrogen) atoms. The Hall–Kier alpha value is -3.65. The van der Waals surface area contributed by atoms with Crippen LogP contribution in [-0.4, -0.2) is 34.2 Å². The minimum Gasteiger partial charge on any atom is -0.494 e. The molecule has 0 unspecified atom stereocenters. The van der Waals surface area contributed by atoms with Crippen molar-refractivity contribution in [2.75, 3.05) is 16.4 Å². The van der Waals surface area contributed by atoms with Crippen LogP contribution >= 0.6 is 12.2 Å². The summed E-state index contributed by atoms with van der Waals surface area (Å²) >= 11 is 5.55. The highest BCUT2D eigenvalue weighted by Gasteiger charge is 2.50. The smallest absolute Gasteiger partial charge is 0.417 e. The Morgan fingerprint density at radius 2 is 1.66 bits per heavy atom. The number of hydrogen-bond acceptors (Lipinski definition) is 5. The van der Waals surface area contributed by atoms with Crippen molar-refractivity contribution in [2.45, 2.75) is 64.1 Å². The molecule has 202 valence electrons. The topological polar surface area (TPSA) is 93.9 Å². The normalized spacial score (nSPS) is 15.1. The summed E-state index contributed by atoms with van der Waals surface area (Å²) in [4.78, 5) is 26.5. The summed E-state index contributed by atoms with van der Waals surface area (Å²) in [7, 11) is 0. The molecular formula is C27H28F3N3O4S. The van der Waals surface area contributed by atoms with Gasteiger partial charge in [-0.3, -0.25) is 14.5 Å². The van der Waals surface area contributed by atoms with Gasteiger partial charge in [0.25, 0.3) is 5.91 Å². The number of hydrogen-bond donors (Lipinski definition) is 1. The van der Waals surface area contributed by atoms with Crippen LogP contribution in [0, 0.1) is 11.3 Å². The molecule has 0 bridgehead atoms. The van der Waals surface area contributed by atoms with E-state index in [9.17, 15) is 22.8 Å². The molecule has 1 aliphatic rings. The van der Waals surface area contributed by atoms with Crippen LogP contribution in [0.15, 0.2) is 42.5 Å². The van der Waals surface area contributed by atoms with Crippen molar-refractivity contribution >= 4 is 40.6 Å². The minimum absolute atomic E-state index is 0.0226. The number of nitriles is 1. The van der Waals surface area contributed by atoms with Crippen LogP contribution in [0.4, 0.5) is 24.5 Å². The number of aliphatic carboxylic acids is 1. The molecule has 3 rings (SSSR count). The number of anilines is 2. The summed E-state index contributed by atoms with van der Waals surface area (Å²) in [6.07, 6.45) is -0.361. The van der Waals surface area contributed by atoms with E-state index < -0.39 is 34.7 Å². The minimum atomic E-state index is -4.77. The fraction of sp³-hybridized carbons (Fsp3) is 0.407. The lowest BCUT2D eigenvalue weighted by Gasteiger charge is -2.29. The van der Waals surface area contributed by atoms with Gasteiger partial charge in [0.15, 0.2) is 5.11 Å². The van der Waals surface area contributed by atoms with Crippen LogP contribution in [-0.2, 0) is 15.8 Å². The van der Waals surface area contributed by atoms with E-state index in [2.05, 4.69) is 0 Å². The first-order chi connectivity index (χ1) is 17.9. The Kier molecular flexibility index (Phi) is 8.99. The number of thiocarbonyl (C=S) groups is 1. The second-order valence-electron chi connectivity index (χ2n) is 9.41. The molecule has 1 saturated heterocycles. The zero-order valence-corrected chi connectivity index (χ0v) is 21.9. The van der Waals surface area contributed by atoms with Gasteiger partial charge < -0.3 is 14.7 Å². The first-order valence-electron chi connectivity index (χ1n) is 12.1. The molecule has 7 nitrogen and oxygen atoms in total. The van der Waals surface area contributed by atoms with Crippen molar-refractivity contribution in [1.29, 1.82) is 5.26 Å². The Morgan fingerprint density at radius 3 is 2.26 bits per heavy atom. The fourth-order valence-corrected chi connectivity index (χ4v) is 4.77. The standard InChI is InChI=1S/C27H28F3N3O4S/c1-26(2)24(36)32(20-10-9-18(17-31)22(16-20)27(28,29)30)25(38)33(26)19-11-13-21(14-12-19)37-15-7-5-3-4-6-8-23(34)35/h9-14,16H,3-8,15H2,1-2H3,(H,34,35). The number of halogens is 3. The van der Waals surface area contributed by atoms with Crippen LogP contribution in [0.1, 0.15) is 63.5 Å². The molecule has 11 heteroatoms. The molecule has 0 aromatic heterocycles. The van der Waals surface area contributed by atoms with E-state index in [1.165, 1.54) is 12.1 Å². The molecule has 2 aromatic carbocycles. The lowest BCUT2D eigenvalue weighted by molar-refractivity contribution is -0.138. The summed E-state index contributed by atoms with van der Waals surface area (Å²) in [5.41, 5.74) is -2.34. The van der Waals surface area contributed by atoms with E-state index in [4.69, 9.17) is 27.3 Å². The molecule has 1 fully saturated rings. The van der Waals surface area contributed by atoms with Crippen LogP contribution in [0.5, 0.6) is 5.75 Å². The molecule has 0 radical (unpaired) electrons. The summed E-state index contributed by atoms with van der Waals surface area (Å²) in [5, 5.41) is 17.7. The third-order valence-electron chi connectivity index (χ3n) is 6.25. The largest absolute Gasteiger partial charge is 0.494 e. The van der Waals surface area contributed by atoms with Crippen molar-refractivity contribution in [1.82, 2.24) is 0 Å². The van der Waals surface area contributed by atoms with Crippen LogP contribution in [0.3, 0.4) is 0 Å². The van der Waals surface area contributed by atoms with Gasteiger partial charge in [0.2, 0.25) is 0 Å². The third kappa shape index (κ3) is 6.42. The van der Waals surface area contributed by atoms with E-state index in [0.717, 1.165) is 42.7 Å². The summed E-state index contributed by atoms with van der Waals surface area (Å²) in [6.45, 7) is 3.77. The van der Waals surface area contributed by atoms with Crippen molar-refractivity contribution in [3.05, 3.63) is 53.6 Å². The van der Waals surface area contributed by atoms with Crippen LogP contribution in [0.25, 0.3) is 0 Å². The van der Waals surface area contributed by atoms with Gasteiger partial charge in [0.1, 0.15) is 11.3 Å². The number of carboxylic acids is 1. The molecule has 2 aromatic rings. The Bertz CT molecular complexity index is 1240. The number of unbranched alkanes of at least 4 members (excludes halogenated alkanes) is 4. The Morgan fingerprint density at radius 1 is 1.05 bits per heavy atom. The molecule has 0 spiro atoms. The van der Waals surface area contributed by atoms with Gasteiger partial charge in [-0.1, -0.05) is 19.3 Å². The van der Waals surface area contributed by atoms with Crippen molar-refractivity contribution in [3.63, 3.8) is 0 Å². The van der Waals surface area contributed by atoms with E-state index in [0.29, 0.717) is 24.5 Å². The summed E-state index contributed by atoms with van der Waals surface area (Å²) < 4.78 is 46.3. The van der Waals surface area contributed by atoms with Gasteiger partial charge in [0, 0.05) is 12.1 Å². The van der Waals surface area contributed by atoms with Gasteiger partial charge in [0.05, 0.1) is 29.5 Å². The Balaban J connectivity index is 1.69. The Labute approximate surface area is 224 Å². The van der Waals surface area contributed by atoms with E-state index in [-0.39, 0.29) is 17.2 Å². The SMILES string of the molecule is CC1(C)C(=O)N(c2ccc(C#N)c(C(F)(F)F)c2)C(=S)N1c1ccc(OCCCCCCCC(=O)O)cc1. The van der Waals surface area contributed by atoms with Crippen LogP contribution < -0.4 is 14.5 Å². The maximum Gasteiger partial charge on any atom is 0.417 e. The van der Waals surface area contributed by atoms with Gasteiger partial charge in [-0.15, -0.1) is 0 Å². The number of ether oxygens (including phenoxy) is 1. The highest BCUT2D eigenvalue weighted by atomic mass is 32.1. The highest BCUT2D eigenvalue weighted by molar-refractivity contribution is 7.81. The van der Waals surface area contributed by atoms with Gasteiger partial charge in [-0.05, 0) is 81.4 Å². The van der Waals surface area contributed by atoms with Crippen LogP contribution in [0.2, 0.25) is 0 Å². The van der Waals surface area contributed by atoms with E-state index >= 15 is 0 Å². The molecule has 0 saturated carbocycles. The number of benzene rings is 2. The second kappa shape index (κ2) is 11.8. The fourth-order valence-electron chi connectivity index (χ4n) is 4.25. The predicted molar refractivity (Wildman–Crippen MR) is 140 cm³/mol. The maximum absolute atomic E-state index is 13.5. The summed E-state index contributed by atoms with van der Waals surface area (Å²) in [5.74, 6) is -0.659. The van der Waals surface area contributed by atoms with Crippen molar-refractivity contribution in [3.8, 4) is 11.8 Å². The number of nitrogens with zero attached hydrogens (tertiary/aromatic N) is 3. The highest BCUT2D eigenvalue weighted by Crippen LogP contribution is 2.39. The van der Waals surface area contributed by atoms with Crippen molar-refractivity contribution in [2.24, 2.45) is 0 Å². The van der Waals surface area contributed by atoms with E-state index in [1.54, 1.807) is 43.0 Å². The van der Waals surface area contributed by atoms with Gasteiger partial charge in [-0.25, -0.2) is 0 Å². The van der Waals surface area contributed by atoms with E-state index in [1.807, 2.05) is 0 Å². The maximum atomic E-state index is 13.5. The number of amides is 1. The average Bonchev–Trinajstić information content (AvgIpc) is 3.03. The molecule has 1 amide bonds. The molecule has 1 aliphatic heterocycles. The first-order valence-corrected chi connectivity index (χ1v) is 12.5. The monoisotopic (exact) mass is 547 g/mol. The van der Waals surface area contributed by atoms with Crippen molar-refractivity contribution < 1.29 is 32.6 Å². The number of carbonyl (C=O) groups excluding carboxylic acids is 1. The number of alkyl halides is 3. The molecule has 1 heterocycles. The molecule has 0 atom stereocenters. The number of carbonyl (C=O) groups is 2. The summed E-state index contributed by atoms with van der Waals surface area (Å²) in [6, 6.07) is 11.5. The zero-order valence-electron chi connectivity index (χ0n) is 21.0. The zero-order chi connectivity index (χ0) is 28.1. The lowest BCUT2D eigenvalue weighted by atomic mass is 10.0. The van der Waals surface area contributed by atoms with Gasteiger partial charge >= 0.3 is 12.1 Å². The number of carboxylic acid groups (broad SMARTS) is 1. The third-order valence-corrected chi connectivity index (χ3v) is 6.62. The van der Waals surface area contributed by atoms with Gasteiger partial charge in [-0.2, -0.15) is 18.4 Å². The average molecular weight is 548 g/mol. The second-order valence-corrected chi connectivity index (χ2v) is 9.78. The molecule has 0 aliphatic carbocycles. The predicted octanol–water partition coefficient (Wildman–Crippen LogP) is 6.30. The quantitative estimate of drug-likeness (QED) is 0.261. The molecular weight excluding hydrogens is 519 g/mol. The lowest BCUT2D eigenvalue weighted by Crippen LogP contribution is -2.44. The molecule has 1 N–H and O–H groups in total. The number of rotatable bonds is 11.